The predicted octanol–water partition coefficient (Wildman–Crippen LogP) is 0.455. The zero-order chi connectivity index (χ0) is 14.7. The van der Waals surface area contributed by atoms with Crippen LogP contribution in [-0.2, 0) is 9.59 Å². The average molecular weight is 273 g/mol. The maximum absolute atomic E-state index is 11.4. The minimum atomic E-state index is -0.835. The van der Waals surface area contributed by atoms with Gasteiger partial charge in [0, 0.05) is 32.0 Å². The molecule has 0 saturated carbocycles. The molecule has 0 bridgehead atoms. The van der Waals surface area contributed by atoms with Crippen LogP contribution in [0.1, 0.15) is 39.5 Å². The summed E-state index contributed by atoms with van der Waals surface area (Å²) < 4.78 is 0. The first-order valence-electron chi connectivity index (χ1n) is 6.48. The molecule has 19 heavy (non-hydrogen) atoms. The SMILES string of the molecule is CCNC(=O)CCNC(=O)NC(C)CCCC(=O)O. The molecular formula is C12H23N3O4. The van der Waals surface area contributed by atoms with E-state index in [4.69, 9.17) is 5.11 Å². The number of rotatable bonds is 9. The van der Waals surface area contributed by atoms with Gasteiger partial charge in [-0.2, -0.15) is 0 Å². The lowest BCUT2D eigenvalue weighted by molar-refractivity contribution is -0.137. The van der Waals surface area contributed by atoms with Gasteiger partial charge in [-0.15, -0.1) is 0 Å². The van der Waals surface area contributed by atoms with Crippen molar-refractivity contribution in [2.45, 2.75) is 45.6 Å². The zero-order valence-corrected chi connectivity index (χ0v) is 11.5. The number of hydrogen-bond donors (Lipinski definition) is 4. The van der Waals surface area contributed by atoms with Gasteiger partial charge in [-0.25, -0.2) is 4.79 Å². The fraction of sp³-hybridized carbons (Fsp3) is 0.750. The monoisotopic (exact) mass is 273 g/mol. The number of carbonyl (C=O) groups excluding carboxylic acids is 2. The number of aliphatic carboxylic acids is 1. The van der Waals surface area contributed by atoms with E-state index >= 15 is 0 Å². The molecule has 0 aromatic heterocycles. The lowest BCUT2D eigenvalue weighted by Crippen LogP contribution is -2.42. The molecule has 3 amide bonds. The highest BCUT2D eigenvalue weighted by atomic mass is 16.4. The van der Waals surface area contributed by atoms with Gasteiger partial charge in [-0.1, -0.05) is 0 Å². The van der Waals surface area contributed by atoms with Crippen molar-refractivity contribution >= 4 is 17.9 Å². The molecule has 1 atom stereocenters. The molecule has 0 fully saturated rings. The van der Waals surface area contributed by atoms with Gasteiger partial charge in [-0.3, -0.25) is 9.59 Å². The van der Waals surface area contributed by atoms with Crippen LogP contribution in [-0.4, -0.2) is 42.1 Å². The Labute approximate surface area is 113 Å². The minimum Gasteiger partial charge on any atom is -0.481 e. The van der Waals surface area contributed by atoms with Crippen LogP contribution in [0.3, 0.4) is 0 Å². The molecular weight excluding hydrogens is 250 g/mol. The Morgan fingerprint density at radius 2 is 1.84 bits per heavy atom. The highest BCUT2D eigenvalue weighted by molar-refractivity contribution is 5.78. The van der Waals surface area contributed by atoms with E-state index in [1.54, 1.807) is 0 Å². The molecule has 4 N–H and O–H groups in total. The average Bonchev–Trinajstić information content (AvgIpc) is 2.28. The summed E-state index contributed by atoms with van der Waals surface area (Å²) in [5.41, 5.74) is 0. The number of hydrogen-bond acceptors (Lipinski definition) is 3. The van der Waals surface area contributed by atoms with Crippen molar-refractivity contribution < 1.29 is 19.5 Å². The van der Waals surface area contributed by atoms with Gasteiger partial charge in [0.2, 0.25) is 5.91 Å². The normalized spacial score (nSPS) is 11.5. The lowest BCUT2D eigenvalue weighted by Gasteiger charge is -2.14. The van der Waals surface area contributed by atoms with Crippen molar-refractivity contribution in [2.24, 2.45) is 0 Å². The summed E-state index contributed by atoms with van der Waals surface area (Å²) in [4.78, 5) is 32.9. The number of urea groups is 1. The lowest BCUT2D eigenvalue weighted by atomic mass is 10.1. The van der Waals surface area contributed by atoms with Gasteiger partial charge < -0.3 is 21.1 Å². The topological polar surface area (TPSA) is 108 Å². The molecule has 0 aliphatic heterocycles. The first-order chi connectivity index (χ1) is 8.95. The summed E-state index contributed by atoms with van der Waals surface area (Å²) in [5.74, 6) is -0.934. The fourth-order valence-corrected chi connectivity index (χ4v) is 1.48. The maximum Gasteiger partial charge on any atom is 0.315 e. The van der Waals surface area contributed by atoms with E-state index in [0.717, 1.165) is 0 Å². The summed E-state index contributed by atoms with van der Waals surface area (Å²) in [6.07, 6.45) is 1.48. The van der Waals surface area contributed by atoms with Crippen LogP contribution in [0.5, 0.6) is 0 Å². The summed E-state index contributed by atoms with van der Waals surface area (Å²) in [6, 6.07) is -0.434. The highest BCUT2D eigenvalue weighted by Gasteiger charge is 2.08. The second-order valence-corrected chi connectivity index (χ2v) is 4.29. The molecule has 7 heteroatoms. The number of amides is 3. The van der Waals surface area contributed by atoms with Crippen molar-refractivity contribution in [3.05, 3.63) is 0 Å². The summed E-state index contributed by atoms with van der Waals surface area (Å²) in [7, 11) is 0. The van der Waals surface area contributed by atoms with Crippen LogP contribution in [0.25, 0.3) is 0 Å². The highest BCUT2D eigenvalue weighted by Crippen LogP contribution is 2.00. The molecule has 0 aromatic carbocycles. The Morgan fingerprint density at radius 3 is 2.42 bits per heavy atom. The van der Waals surface area contributed by atoms with E-state index in [0.29, 0.717) is 19.4 Å². The van der Waals surface area contributed by atoms with Crippen LogP contribution in [0, 0.1) is 0 Å². The Balaban J connectivity index is 3.62. The van der Waals surface area contributed by atoms with E-state index in [1.165, 1.54) is 0 Å². The first kappa shape index (κ1) is 17.2. The minimum absolute atomic E-state index is 0.0937. The fourth-order valence-electron chi connectivity index (χ4n) is 1.48. The smallest absolute Gasteiger partial charge is 0.315 e. The van der Waals surface area contributed by atoms with Crippen LogP contribution in [0.15, 0.2) is 0 Å². The maximum atomic E-state index is 11.4. The number of carboxylic acids is 1. The van der Waals surface area contributed by atoms with Crippen LogP contribution < -0.4 is 16.0 Å². The van der Waals surface area contributed by atoms with Crippen molar-refractivity contribution in [3.8, 4) is 0 Å². The van der Waals surface area contributed by atoms with Gasteiger partial charge in [0.15, 0.2) is 0 Å². The Morgan fingerprint density at radius 1 is 1.16 bits per heavy atom. The van der Waals surface area contributed by atoms with Gasteiger partial charge in [-0.05, 0) is 26.7 Å². The number of carboxylic acid groups (broad SMARTS) is 1. The molecule has 0 aliphatic carbocycles. The third kappa shape index (κ3) is 11.1. The van der Waals surface area contributed by atoms with E-state index in [2.05, 4.69) is 16.0 Å². The Bertz CT molecular complexity index is 307. The van der Waals surface area contributed by atoms with E-state index in [1.807, 2.05) is 13.8 Å². The van der Waals surface area contributed by atoms with Crippen molar-refractivity contribution in [3.63, 3.8) is 0 Å². The number of nitrogens with one attached hydrogen (secondary N) is 3. The van der Waals surface area contributed by atoms with Crippen molar-refractivity contribution in [1.82, 2.24) is 16.0 Å². The van der Waals surface area contributed by atoms with Gasteiger partial charge >= 0.3 is 12.0 Å². The summed E-state index contributed by atoms with van der Waals surface area (Å²) in [5, 5.41) is 16.4. The summed E-state index contributed by atoms with van der Waals surface area (Å²) >= 11 is 0. The van der Waals surface area contributed by atoms with Crippen molar-refractivity contribution in [2.75, 3.05) is 13.1 Å². The van der Waals surface area contributed by atoms with Crippen LogP contribution in [0.2, 0.25) is 0 Å². The Kier molecular flexibility index (Phi) is 9.20. The largest absolute Gasteiger partial charge is 0.481 e. The molecule has 7 nitrogen and oxygen atoms in total. The van der Waals surface area contributed by atoms with Gasteiger partial charge in [0.05, 0.1) is 0 Å². The first-order valence-corrected chi connectivity index (χ1v) is 6.48. The van der Waals surface area contributed by atoms with Gasteiger partial charge in [0.25, 0.3) is 0 Å². The van der Waals surface area contributed by atoms with E-state index < -0.39 is 5.97 Å². The van der Waals surface area contributed by atoms with Crippen LogP contribution >= 0.6 is 0 Å². The van der Waals surface area contributed by atoms with E-state index in [9.17, 15) is 14.4 Å². The zero-order valence-electron chi connectivity index (χ0n) is 11.5. The molecule has 0 radical (unpaired) electrons. The third-order valence-electron chi connectivity index (χ3n) is 2.42. The molecule has 0 heterocycles. The number of carbonyl (C=O) groups is 3. The second-order valence-electron chi connectivity index (χ2n) is 4.29. The second kappa shape index (κ2) is 10.2. The van der Waals surface area contributed by atoms with E-state index in [-0.39, 0.29) is 37.4 Å². The molecule has 110 valence electrons. The third-order valence-corrected chi connectivity index (χ3v) is 2.42. The molecule has 0 rings (SSSR count). The molecule has 0 aliphatic rings. The Hall–Kier alpha value is -1.79. The quantitative estimate of drug-likeness (QED) is 0.489. The molecule has 0 saturated heterocycles. The standard InChI is InChI=1S/C12H23N3O4/c1-3-13-10(16)7-8-14-12(19)15-9(2)5-4-6-11(17)18/h9H,3-8H2,1-2H3,(H,13,16)(H,17,18)(H2,14,15,19). The van der Waals surface area contributed by atoms with Crippen LogP contribution in [0.4, 0.5) is 4.79 Å². The van der Waals surface area contributed by atoms with Crippen molar-refractivity contribution in [1.29, 1.82) is 0 Å². The summed E-state index contributed by atoms with van der Waals surface area (Å²) in [6.45, 7) is 4.49. The molecule has 1 unspecified atom stereocenters. The predicted molar refractivity (Wildman–Crippen MR) is 70.8 cm³/mol. The molecule has 0 spiro atoms. The molecule has 0 aromatic rings. The van der Waals surface area contributed by atoms with Gasteiger partial charge in [0.1, 0.15) is 0 Å².